The van der Waals surface area contributed by atoms with Crippen LogP contribution in [-0.4, -0.2) is 29.3 Å². The van der Waals surface area contributed by atoms with Crippen molar-refractivity contribution in [3.05, 3.63) is 83.7 Å². The number of unbranched alkanes of at least 4 members (excludes halogenated alkanes) is 11. The summed E-state index contributed by atoms with van der Waals surface area (Å²) in [5.41, 5.74) is 0.187. The molecule has 0 bridgehead atoms. The number of carbonyl (C=O) groups is 2. The summed E-state index contributed by atoms with van der Waals surface area (Å²) in [7, 11) is 0. The maximum atomic E-state index is 14.5. The number of allylic oxidation sites excluding steroid dienone is 2. The fourth-order valence-electron chi connectivity index (χ4n) is 4.88. The van der Waals surface area contributed by atoms with E-state index in [1.807, 2.05) is 30.3 Å². The first kappa shape index (κ1) is 32.7. The van der Waals surface area contributed by atoms with E-state index in [0.29, 0.717) is 6.61 Å². The van der Waals surface area contributed by atoms with Gasteiger partial charge in [-0.05, 0) is 41.8 Å². The molecule has 3 rings (SSSR count). The van der Waals surface area contributed by atoms with Crippen molar-refractivity contribution in [1.82, 2.24) is 0 Å². The van der Waals surface area contributed by atoms with E-state index in [0.717, 1.165) is 30.4 Å². The zero-order chi connectivity index (χ0) is 30.0. The number of hydrogen-bond acceptors (Lipinski definition) is 4. The number of carboxylic acids is 1. The first-order valence-corrected chi connectivity index (χ1v) is 15.3. The Morgan fingerprint density at radius 3 is 2.12 bits per heavy atom. The second-order valence-electron chi connectivity index (χ2n) is 10.8. The number of esters is 1. The number of halogens is 1. The summed E-state index contributed by atoms with van der Waals surface area (Å²) in [6.07, 6.45) is 19.6. The highest BCUT2D eigenvalue weighted by Crippen LogP contribution is 2.30. The van der Waals surface area contributed by atoms with Crippen LogP contribution in [0.25, 0.3) is 5.57 Å². The van der Waals surface area contributed by atoms with Crippen molar-refractivity contribution in [2.24, 2.45) is 0 Å². The molecule has 0 amide bonds. The van der Waals surface area contributed by atoms with Crippen molar-refractivity contribution in [3.8, 4) is 17.6 Å². The smallest absolute Gasteiger partial charge is 0.386 e. The third-order valence-corrected chi connectivity index (χ3v) is 7.40. The van der Waals surface area contributed by atoms with Gasteiger partial charge in [0, 0.05) is 17.9 Å². The number of hydrogen-bond donors (Lipinski definition) is 1. The Hall–Kier alpha value is -3.85. The molecule has 2 aromatic rings. The van der Waals surface area contributed by atoms with E-state index in [9.17, 15) is 19.1 Å². The van der Waals surface area contributed by atoms with Gasteiger partial charge >= 0.3 is 11.9 Å². The van der Waals surface area contributed by atoms with E-state index >= 15 is 0 Å². The molecule has 1 aliphatic carbocycles. The van der Waals surface area contributed by atoms with E-state index < -0.39 is 23.4 Å². The van der Waals surface area contributed by atoms with Crippen LogP contribution in [0.5, 0.6) is 5.75 Å². The Balaban J connectivity index is 1.38. The highest BCUT2D eigenvalue weighted by molar-refractivity contribution is 5.94. The highest BCUT2D eigenvalue weighted by Gasteiger charge is 2.40. The van der Waals surface area contributed by atoms with Gasteiger partial charge in [0.1, 0.15) is 0 Å². The second kappa shape index (κ2) is 17.9. The molecule has 6 heteroatoms. The van der Waals surface area contributed by atoms with Gasteiger partial charge in [-0.1, -0.05) is 126 Å². The summed E-state index contributed by atoms with van der Waals surface area (Å²) in [6, 6.07) is 13.7. The molecule has 1 unspecified atom stereocenters. The second-order valence-corrected chi connectivity index (χ2v) is 10.8. The number of rotatable bonds is 17. The third-order valence-electron chi connectivity index (χ3n) is 7.40. The fourth-order valence-corrected chi connectivity index (χ4v) is 4.88. The quantitative estimate of drug-likeness (QED) is 0.116. The number of carboxylic acid groups (broad SMARTS) is 1. The molecule has 1 N–H and O–H groups in total. The Morgan fingerprint density at radius 2 is 1.55 bits per heavy atom. The minimum Gasteiger partial charge on any atom is -0.491 e. The van der Waals surface area contributed by atoms with Crippen molar-refractivity contribution in [3.63, 3.8) is 0 Å². The Morgan fingerprint density at radius 1 is 0.905 bits per heavy atom. The van der Waals surface area contributed by atoms with Crippen LogP contribution in [0.1, 0.15) is 102 Å². The lowest BCUT2D eigenvalue weighted by Gasteiger charge is -2.27. The Labute approximate surface area is 249 Å². The van der Waals surface area contributed by atoms with Gasteiger partial charge < -0.3 is 14.6 Å². The minimum atomic E-state index is -1.85. The SMILES string of the molecule is CCCCCCCCCCCCCCOc1ccc(C#CC(=O)OC2(C(=O)O)C=CC(c3ccccc3)=CC2)cc1F. The minimum absolute atomic E-state index is 0.0314. The molecular weight excluding hydrogens is 531 g/mol. The largest absolute Gasteiger partial charge is 0.491 e. The van der Waals surface area contributed by atoms with E-state index in [1.165, 1.54) is 76.0 Å². The summed E-state index contributed by atoms with van der Waals surface area (Å²) in [5.74, 6) is 2.11. The molecule has 0 saturated heterocycles. The summed E-state index contributed by atoms with van der Waals surface area (Å²) >= 11 is 0. The van der Waals surface area contributed by atoms with E-state index in [-0.39, 0.29) is 17.7 Å². The lowest BCUT2D eigenvalue weighted by Crippen LogP contribution is -2.41. The maximum Gasteiger partial charge on any atom is 0.386 e. The zero-order valence-corrected chi connectivity index (χ0v) is 24.7. The molecule has 0 aromatic heterocycles. The number of carbonyl (C=O) groups excluding carboxylic acids is 1. The van der Waals surface area contributed by atoms with E-state index in [1.54, 1.807) is 18.2 Å². The molecule has 0 heterocycles. The van der Waals surface area contributed by atoms with Crippen molar-refractivity contribution >= 4 is 17.5 Å². The molecule has 2 aromatic carbocycles. The topological polar surface area (TPSA) is 72.8 Å². The van der Waals surface area contributed by atoms with Crippen LogP contribution in [0.4, 0.5) is 4.39 Å². The summed E-state index contributed by atoms with van der Waals surface area (Å²) < 4.78 is 25.4. The van der Waals surface area contributed by atoms with Crippen LogP contribution in [0, 0.1) is 17.7 Å². The van der Waals surface area contributed by atoms with Crippen LogP contribution >= 0.6 is 0 Å². The summed E-state index contributed by atoms with van der Waals surface area (Å²) in [5, 5.41) is 9.77. The molecule has 0 spiro atoms. The van der Waals surface area contributed by atoms with Crippen LogP contribution < -0.4 is 4.74 Å². The number of aliphatic carboxylic acids is 1. The molecule has 0 saturated carbocycles. The van der Waals surface area contributed by atoms with Gasteiger partial charge in [0.05, 0.1) is 6.61 Å². The van der Waals surface area contributed by atoms with Gasteiger partial charge in [0.2, 0.25) is 5.60 Å². The van der Waals surface area contributed by atoms with E-state index in [4.69, 9.17) is 9.47 Å². The maximum absolute atomic E-state index is 14.5. The summed E-state index contributed by atoms with van der Waals surface area (Å²) in [6.45, 7) is 2.68. The predicted octanol–water partition coefficient (Wildman–Crippen LogP) is 8.67. The van der Waals surface area contributed by atoms with E-state index in [2.05, 4.69) is 18.8 Å². The van der Waals surface area contributed by atoms with Gasteiger partial charge in [0.15, 0.2) is 11.6 Å². The van der Waals surface area contributed by atoms with Gasteiger partial charge in [-0.15, -0.1) is 0 Å². The van der Waals surface area contributed by atoms with Crippen LogP contribution in [0.3, 0.4) is 0 Å². The predicted molar refractivity (Wildman–Crippen MR) is 164 cm³/mol. The number of benzene rings is 2. The zero-order valence-electron chi connectivity index (χ0n) is 24.7. The fraction of sp³-hybridized carbons (Fsp3) is 0.444. The number of ether oxygens (including phenoxy) is 2. The van der Waals surface area contributed by atoms with Crippen molar-refractivity contribution < 1.29 is 28.6 Å². The molecule has 1 atom stereocenters. The van der Waals surface area contributed by atoms with Gasteiger partial charge in [-0.3, -0.25) is 0 Å². The monoisotopic (exact) mass is 574 g/mol. The van der Waals surface area contributed by atoms with Gasteiger partial charge in [-0.25, -0.2) is 14.0 Å². The molecule has 5 nitrogen and oxygen atoms in total. The molecule has 42 heavy (non-hydrogen) atoms. The van der Waals surface area contributed by atoms with Crippen LogP contribution in [0.2, 0.25) is 0 Å². The van der Waals surface area contributed by atoms with Gasteiger partial charge in [0.25, 0.3) is 0 Å². The molecular formula is C36H43FO5. The standard InChI is InChI=1S/C36H43FO5/c1-2-3-4-5-6-7-8-9-10-11-12-16-27-41-33-21-19-29(28-32(33)37)20-22-34(38)42-36(35(39)40)25-23-31(24-26-36)30-17-14-13-15-18-30/h13-15,17-19,21,23-25,28H,2-12,16,26-27H2,1H3,(H,39,40). The lowest BCUT2D eigenvalue weighted by atomic mass is 9.89. The lowest BCUT2D eigenvalue weighted by molar-refractivity contribution is -0.168. The average Bonchev–Trinajstić information content (AvgIpc) is 3.00. The summed E-state index contributed by atoms with van der Waals surface area (Å²) in [4.78, 5) is 24.4. The normalized spacial score (nSPS) is 15.8. The average molecular weight is 575 g/mol. The molecule has 0 radical (unpaired) electrons. The molecule has 0 fully saturated rings. The van der Waals surface area contributed by atoms with Crippen molar-refractivity contribution in [2.75, 3.05) is 6.61 Å². The Kier molecular flexibility index (Phi) is 13.9. The van der Waals surface area contributed by atoms with Crippen molar-refractivity contribution in [2.45, 2.75) is 96.0 Å². The van der Waals surface area contributed by atoms with Gasteiger partial charge in [-0.2, -0.15) is 0 Å². The first-order valence-electron chi connectivity index (χ1n) is 15.3. The Bertz CT molecular complexity index is 1270. The van der Waals surface area contributed by atoms with Crippen LogP contribution in [0.15, 0.2) is 66.8 Å². The highest BCUT2D eigenvalue weighted by atomic mass is 19.1. The van der Waals surface area contributed by atoms with Crippen LogP contribution in [-0.2, 0) is 14.3 Å². The first-order chi connectivity index (χ1) is 20.4. The molecule has 1 aliphatic rings. The van der Waals surface area contributed by atoms with Crippen molar-refractivity contribution in [1.29, 1.82) is 0 Å². The molecule has 0 aliphatic heterocycles. The third kappa shape index (κ3) is 10.9. The molecule has 224 valence electrons.